The summed E-state index contributed by atoms with van der Waals surface area (Å²) in [4.78, 5) is 23.2. The molecular weight excluding hydrogens is 240 g/mol. The Kier molecular flexibility index (Phi) is 3.19. The predicted molar refractivity (Wildman–Crippen MR) is 75.5 cm³/mol. The van der Waals surface area contributed by atoms with Gasteiger partial charge in [0.15, 0.2) is 0 Å². The van der Waals surface area contributed by atoms with Crippen molar-refractivity contribution in [1.29, 1.82) is 0 Å². The van der Waals surface area contributed by atoms with Gasteiger partial charge < -0.3 is 9.47 Å². The summed E-state index contributed by atoms with van der Waals surface area (Å²) in [6, 6.07) is 1.90. The van der Waals surface area contributed by atoms with Gasteiger partial charge in [-0.05, 0) is 32.3 Å². The molecule has 1 saturated heterocycles. The second-order valence-electron chi connectivity index (χ2n) is 4.92. The summed E-state index contributed by atoms with van der Waals surface area (Å²) in [5.74, 6) is 0.751. The van der Waals surface area contributed by atoms with E-state index < -0.39 is 0 Å². The molecule has 1 aliphatic heterocycles. The van der Waals surface area contributed by atoms with Crippen molar-refractivity contribution in [3.8, 4) is 0 Å². The van der Waals surface area contributed by atoms with Gasteiger partial charge in [-0.2, -0.15) is 0 Å². The number of aryl methyl sites for hydroxylation is 1. The fourth-order valence-electron chi connectivity index (χ4n) is 2.56. The highest BCUT2D eigenvalue weighted by atomic mass is 16.1. The van der Waals surface area contributed by atoms with Crippen LogP contribution in [0.25, 0.3) is 10.9 Å². The summed E-state index contributed by atoms with van der Waals surface area (Å²) >= 11 is 0. The van der Waals surface area contributed by atoms with Gasteiger partial charge in [0.25, 0.3) is 5.56 Å². The average molecular weight is 258 g/mol. The lowest BCUT2D eigenvalue weighted by molar-refractivity contribution is 0.569. The monoisotopic (exact) mass is 258 g/mol. The smallest absolute Gasteiger partial charge is 0.261 e. The van der Waals surface area contributed by atoms with Crippen LogP contribution in [0.2, 0.25) is 0 Å². The number of hydrogen-bond donors (Lipinski definition) is 0. The average Bonchev–Trinajstić information content (AvgIpc) is 2.48. The van der Waals surface area contributed by atoms with E-state index in [2.05, 4.69) is 14.9 Å². The van der Waals surface area contributed by atoms with Crippen LogP contribution < -0.4 is 10.5 Å². The molecule has 1 aliphatic rings. The van der Waals surface area contributed by atoms with E-state index in [0.717, 1.165) is 24.6 Å². The molecular formula is C14H18N4O. The van der Waals surface area contributed by atoms with Crippen molar-refractivity contribution < 1.29 is 0 Å². The zero-order valence-corrected chi connectivity index (χ0v) is 11.2. The summed E-state index contributed by atoms with van der Waals surface area (Å²) in [6.07, 6.45) is 7.14. The number of aromatic nitrogens is 3. The van der Waals surface area contributed by atoms with Crippen molar-refractivity contribution in [3.63, 3.8) is 0 Å². The third-order valence-electron chi connectivity index (χ3n) is 3.69. The highest BCUT2D eigenvalue weighted by Gasteiger charge is 2.14. The van der Waals surface area contributed by atoms with Crippen molar-refractivity contribution in [2.75, 3.05) is 18.0 Å². The minimum Gasteiger partial charge on any atom is -0.341 e. The molecule has 0 bridgehead atoms. The molecule has 3 heterocycles. The Labute approximate surface area is 111 Å². The second-order valence-corrected chi connectivity index (χ2v) is 4.92. The van der Waals surface area contributed by atoms with E-state index in [1.807, 2.05) is 13.0 Å². The highest BCUT2D eigenvalue weighted by molar-refractivity contribution is 5.77. The van der Waals surface area contributed by atoms with E-state index in [1.54, 1.807) is 17.0 Å². The van der Waals surface area contributed by atoms with Gasteiger partial charge in [-0.1, -0.05) is 0 Å². The molecule has 0 aliphatic carbocycles. The Balaban J connectivity index is 2.04. The van der Waals surface area contributed by atoms with Crippen LogP contribution in [0.5, 0.6) is 0 Å². The second kappa shape index (κ2) is 4.99. The topological polar surface area (TPSA) is 51.0 Å². The fraction of sp³-hybridized carbons (Fsp3) is 0.500. The first-order valence-electron chi connectivity index (χ1n) is 6.91. The molecule has 2 aromatic rings. The Morgan fingerprint density at radius 1 is 1.26 bits per heavy atom. The first kappa shape index (κ1) is 12.1. The molecule has 0 radical (unpaired) electrons. The lowest BCUT2D eigenvalue weighted by Gasteiger charge is -2.26. The number of rotatable bonds is 2. The first-order chi connectivity index (χ1) is 9.29. The number of hydrogen-bond acceptors (Lipinski definition) is 4. The van der Waals surface area contributed by atoms with Gasteiger partial charge in [0.2, 0.25) is 5.95 Å². The lowest BCUT2D eigenvalue weighted by Crippen LogP contribution is -2.31. The van der Waals surface area contributed by atoms with Gasteiger partial charge in [0.1, 0.15) is 0 Å². The van der Waals surface area contributed by atoms with Gasteiger partial charge in [-0.15, -0.1) is 0 Å². The normalized spacial score (nSPS) is 15.9. The molecule has 0 atom stereocenters. The maximum Gasteiger partial charge on any atom is 0.261 e. The van der Waals surface area contributed by atoms with Crippen LogP contribution in [0, 0.1) is 0 Å². The third kappa shape index (κ3) is 2.20. The van der Waals surface area contributed by atoms with Crippen LogP contribution in [-0.4, -0.2) is 27.6 Å². The Morgan fingerprint density at radius 2 is 2.05 bits per heavy atom. The van der Waals surface area contributed by atoms with E-state index >= 15 is 0 Å². The SMILES string of the molecule is CCn1ccc2nc(N3CCCCC3)ncc2c1=O. The van der Waals surface area contributed by atoms with E-state index in [4.69, 9.17) is 0 Å². The van der Waals surface area contributed by atoms with E-state index in [0.29, 0.717) is 11.9 Å². The number of pyridine rings is 1. The minimum atomic E-state index is -0.00908. The molecule has 0 spiro atoms. The summed E-state index contributed by atoms with van der Waals surface area (Å²) in [7, 11) is 0. The Morgan fingerprint density at radius 3 is 2.79 bits per heavy atom. The van der Waals surface area contributed by atoms with Crippen LogP contribution in [0.3, 0.4) is 0 Å². The minimum absolute atomic E-state index is 0.00908. The lowest BCUT2D eigenvalue weighted by atomic mass is 10.1. The summed E-state index contributed by atoms with van der Waals surface area (Å²) in [5.41, 5.74) is 0.732. The molecule has 0 N–H and O–H groups in total. The number of anilines is 1. The van der Waals surface area contributed by atoms with Crippen molar-refractivity contribution in [2.45, 2.75) is 32.7 Å². The molecule has 0 unspecified atom stereocenters. The Bertz CT molecular complexity index is 643. The van der Waals surface area contributed by atoms with Crippen molar-refractivity contribution in [1.82, 2.24) is 14.5 Å². The van der Waals surface area contributed by atoms with E-state index in [1.165, 1.54) is 19.3 Å². The maximum atomic E-state index is 12.1. The summed E-state index contributed by atoms with van der Waals surface area (Å²) in [5, 5.41) is 0.602. The van der Waals surface area contributed by atoms with Crippen LogP contribution in [0.15, 0.2) is 23.3 Å². The number of nitrogens with zero attached hydrogens (tertiary/aromatic N) is 4. The molecule has 2 aromatic heterocycles. The summed E-state index contributed by atoms with van der Waals surface area (Å²) < 4.78 is 1.67. The van der Waals surface area contributed by atoms with Gasteiger partial charge in [0.05, 0.1) is 10.9 Å². The van der Waals surface area contributed by atoms with Crippen molar-refractivity contribution in [3.05, 3.63) is 28.8 Å². The third-order valence-corrected chi connectivity index (χ3v) is 3.69. The molecule has 19 heavy (non-hydrogen) atoms. The van der Waals surface area contributed by atoms with Gasteiger partial charge in [-0.3, -0.25) is 4.79 Å². The molecule has 0 amide bonds. The van der Waals surface area contributed by atoms with Gasteiger partial charge in [0, 0.05) is 32.0 Å². The number of fused-ring (bicyclic) bond motifs is 1. The first-order valence-corrected chi connectivity index (χ1v) is 6.91. The maximum absolute atomic E-state index is 12.1. The fourth-order valence-corrected chi connectivity index (χ4v) is 2.56. The molecule has 0 saturated carbocycles. The van der Waals surface area contributed by atoms with E-state index in [-0.39, 0.29) is 5.56 Å². The van der Waals surface area contributed by atoms with Crippen LogP contribution in [0.1, 0.15) is 26.2 Å². The molecule has 5 nitrogen and oxygen atoms in total. The van der Waals surface area contributed by atoms with Crippen LogP contribution in [0.4, 0.5) is 5.95 Å². The van der Waals surface area contributed by atoms with Crippen LogP contribution >= 0.6 is 0 Å². The van der Waals surface area contributed by atoms with Crippen LogP contribution in [-0.2, 0) is 6.54 Å². The van der Waals surface area contributed by atoms with Gasteiger partial charge in [-0.25, -0.2) is 9.97 Å². The van der Waals surface area contributed by atoms with Crippen molar-refractivity contribution in [2.24, 2.45) is 0 Å². The van der Waals surface area contributed by atoms with E-state index in [9.17, 15) is 4.79 Å². The largest absolute Gasteiger partial charge is 0.341 e. The summed E-state index contributed by atoms with van der Waals surface area (Å²) in [6.45, 7) is 4.65. The predicted octanol–water partition coefficient (Wildman–Crippen LogP) is 1.80. The highest BCUT2D eigenvalue weighted by Crippen LogP contribution is 2.17. The number of piperidine rings is 1. The van der Waals surface area contributed by atoms with Crippen molar-refractivity contribution >= 4 is 16.9 Å². The molecule has 3 rings (SSSR count). The molecule has 5 heteroatoms. The molecule has 100 valence electrons. The van der Waals surface area contributed by atoms with Gasteiger partial charge >= 0.3 is 0 Å². The zero-order valence-electron chi connectivity index (χ0n) is 11.2. The standard InChI is InChI=1S/C14H18N4O/c1-2-17-9-6-12-11(13(17)19)10-15-14(16-12)18-7-4-3-5-8-18/h6,9-10H,2-5,7-8H2,1H3. The Hall–Kier alpha value is -1.91. The quantitative estimate of drug-likeness (QED) is 0.824. The molecule has 1 fully saturated rings. The molecule has 0 aromatic carbocycles. The zero-order chi connectivity index (χ0) is 13.2.